The Kier molecular flexibility index (Phi) is 5.59. The molecule has 1 atom stereocenters. The monoisotopic (exact) mass is 326 g/mol. The molecule has 0 N–H and O–H groups in total. The van der Waals surface area contributed by atoms with Crippen molar-refractivity contribution in [2.24, 2.45) is 0 Å². The summed E-state index contributed by atoms with van der Waals surface area (Å²) in [5.74, 6) is 0. The lowest BCUT2D eigenvalue weighted by atomic mass is 10.1. The van der Waals surface area contributed by atoms with E-state index in [9.17, 15) is 0 Å². The average Bonchev–Trinajstić information content (AvgIpc) is 2.94. The number of hydrogen-bond donors (Lipinski definition) is 0. The van der Waals surface area contributed by atoms with E-state index in [1.54, 1.807) is 23.1 Å². The standard InChI is InChI=1S/C18H18N2S2/c1-12(2)18(22-10-13(3)8-19)15-5-6-17(20-9-15)16-7-14(4)21-11-16/h5-7,9-11,18H,1H2,2-4H3/b13-10+. The normalized spacial score (nSPS) is 12.7. The van der Waals surface area contributed by atoms with Crippen molar-refractivity contribution in [3.8, 4) is 17.3 Å². The smallest absolute Gasteiger partial charge is 0.0949 e. The van der Waals surface area contributed by atoms with Gasteiger partial charge in [-0.1, -0.05) is 18.2 Å². The van der Waals surface area contributed by atoms with Gasteiger partial charge in [0.25, 0.3) is 0 Å². The third kappa shape index (κ3) is 4.09. The summed E-state index contributed by atoms with van der Waals surface area (Å²) in [6.45, 7) is 9.97. The van der Waals surface area contributed by atoms with Crippen LogP contribution in [0.1, 0.15) is 29.5 Å². The Morgan fingerprint density at radius 1 is 1.45 bits per heavy atom. The Balaban J connectivity index is 2.23. The maximum absolute atomic E-state index is 8.86. The van der Waals surface area contributed by atoms with Crippen LogP contribution in [-0.2, 0) is 0 Å². The van der Waals surface area contributed by atoms with Gasteiger partial charge in [-0.3, -0.25) is 4.98 Å². The van der Waals surface area contributed by atoms with Crippen LogP contribution < -0.4 is 0 Å². The van der Waals surface area contributed by atoms with E-state index in [2.05, 4.69) is 42.1 Å². The molecule has 0 aromatic carbocycles. The summed E-state index contributed by atoms with van der Waals surface area (Å²) in [4.78, 5) is 5.86. The van der Waals surface area contributed by atoms with E-state index in [1.807, 2.05) is 31.5 Å². The Morgan fingerprint density at radius 2 is 2.23 bits per heavy atom. The second-order valence-corrected chi connectivity index (χ2v) is 7.29. The third-order valence-electron chi connectivity index (χ3n) is 3.12. The lowest BCUT2D eigenvalue weighted by molar-refractivity contribution is 1.09. The van der Waals surface area contributed by atoms with Gasteiger partial charge in [-0.25, -0.2) is 0 Å². The van der Waals surface area contributed by atoms with E-state index in [0.717, 1.165) is 22.4 Å². The first kappa shape index (κ1) is 16.5. The molecule has 2 aromatic rings. The van der Waals surface area contributed by atoms with Crippen LogP contribution in [0, 0.1) is 18.3 Å². The Labute approximate surface area is 140 Å². The lowest BCUT2D eigenvalue weighted by Gasteiger charge is -2.15. The van der Waals surface area contributed by atoms with Crippen molar-refractivity contribution in [2.75, 3.05) is 0 Å². The highest BCUT2D eigenvalue weighted by Crippen LogP contribution is 2.36. The van der Waals surface area contributed by atoms with Crippen molar-refractivity contribution >= 4 is 23.1 Å². The third-order valence-corrected chi connectivity index (χ3v) is 5.42. The molecular weight excluding hydrogens is 308 g/mol. The number of thiophene rings is 1. The second kappa shape index (κ2) is 7.44. The minimum atomic E-state index is 0.120. The van der Waals surface area contributed by atoms with Crippen molar-refractivity contribution in [3.05, 3.63) is 63.3 Å². The summed E-state index contributed by atoms with van der Waals surface area (Å²) in [5.41, 5.74) is 5.01. The Hall–Kier alpha value is -1.83. The first-order valence-corrected chi connectivity index (χ1v) is 8.72. The van der Waals surface area contributed by atoms with Gasteiger partial charge in [0.1, 0.15) is 0 Å². The molecule has 0 radical (unpaired) electrons. The molecule has 2 rings (SSSR count). The molecule has 0 spiro atoms. The first-order valence-electron chi connectivity index (χ1n) is 6.90. The molecule has 22 heavy (non-hydrogen) atoms. The summed E-state index contributed by atoms with van der Waals surface area (Å²) in [7, 11) is 0. The summed E-state index contributed by atoms with van der Waals surface area (Å²) in [6, 6.07) is 8.43. The number of rotatable bonds is 5. The van der Waals surface area contributed by atoms with Gasteiger partial charge in [-0.15, -0.1) is 23.1 Å². The predicted molar refractivity (Wildman–Crippen MR) is 96.8 cm³/mol. The SMILES string of the molecule is C=C(C)C(S/C=C(\C)C#N)c1ccc(-c2csc(C)c2)nc1. The van der Waals surface area contributed by atoms with Crippen LogP contribution in [0.2, 0.25) is 0 Å². The number of nitriles is 1. The van der Waals surface area contributed by atoms with Crippen molar-refractivity contribution in [1.29, 1.82) is 5.26 Å². The van der Waals surface area contributed by atoms with Crippen LogP contribution in [0.3, 0.4) is 0 Å². The fourth-order valence-electron chi connectivity index (χ4n) is 1.98. The van der Waals surface area contributed by atoms with E-state index in [4.69, 9.17) is 5.26 Å². The van der Waals surface area contributed by atoms with Gasteiger partial charge in [0.05, 0.1) is 17.0 Å². The van der Waals surface area contributed by atoms with Gasteiger partial charge < -0.3 is 0 Å². The zero-order valence-electron chi connectivity index (χ0n) is 13.0. The molecular formula is C18H18N2S2. The highest BCUT2D eigenvalue weighted by Gasteiger charge is 2.13. The number of pyridine rings is 1. The molecule has 0 bridgehead atoms. The second-order valence-electron chi connectivity index (χ2n) is 5.20. The topological polar surface area (TPSA) is 36.7 Å². The Morgan fingerprint density at radius 3 is 2.73 bits per heavy atom. The highest BCUT2D eigenvalue weighted by atomic mass is 32.2. The molecule has 0 fully saturated rings. The summed E-state index contributed by atoms with van der Waals surface area (Å²) < 4.78 is 0. The summed E-state index contributed by atoms with van der Waals surface area (Å²) in [6.07, 6.45) is 1.91. The van der Waals surface area contributed by atoms with Crippen molar-refractivity contribution in [2.45, 2.75) is 26.0 Å². The van der Waals surface area contributed by atoms with Crippen LogP contribution in [0.25, 0.3) is 11.3 Å². The van der Waals surface area contributed by atoms with Crippen LogP contribution in [0.15, 0.2) is 52.9 Å². The maximum atomic E-state index is 8.86. The van der Waals surface area contributed by atoms with E-state index in [1.165, 1.54) is 4.88 Å². The van der Waals surface area contributed by atoms with E-state index in [-0.39, 0.29) is 5.25 Å². The molecule has 2 heterocycles. The van der Waals surface area contributed by atoms with Crippen molar-refractivity contribution in [3.63, 3.8) is 0 Å². The molecule has 0 aliphatic heterocycles. The minimum absolute atomic E-state index is 0.120. The molecule has 0 aliphatic carbocycles. The molecule has 2 nitrogen and oxygen atoms in total. The first-order chi connectivity index (χ1) is 10.5. The molecule has 0 aliphatic rings. The van der Waals surface area contributed by atoms with Gasteiger partial charge in [0, 0.05) is 27.6 Å². The summed E-state index contributed by atoms with van der Waals surface area (Å²) in [5, 5.41) is 13.0. The van der Waals surface area contributed by atoms with Gasteiger partial charge in [0.2, 0.25) is 0 Å². The fraction of sp³-hybridized carbons (Fsp3) is 0.222. The molecule has 0 amide bonds. The largest absolute Gasteiger partial charge is 0.256 e. The number of hydrogen-bond acceptors (Lipinski definition) is 4. The summed E-state index contributed by atoms with van der Waals surface area (Å²) >= 11 is 3.33. The van der Waals surface area contributed by atoms with E-state index >= 15 is 0 Å². The molecule has 112 valence electrons. The van der Waals surface area contributed by atoms with Crippen LogP contribution in [0.5, 0.6) is 0 Å². The lowest BCUT2D eigenvalue weighted by Crippen LogP contribution is -1.95. The molecule has 1 unspecified atom stereocenters. The van der Waals surface area contributed by atoms with Crippen molar-refractivity contribution in [1.82, 2.24) is 4.98 Å². The van der Waals surface area contributed by atoms with Gasteiger partial charge in [-0.2, -0.15) is 5.26 Å². The Bertz CT molecular complexity index is 733. The van der Waals surface area contributed by atoms with Gasteiger partial charge in [-0.05, 0) is 43.9 Å². The number of nitrogens with zero attached hydrogens (tertiary/aromatic N) is 2. The van der Waals surface area contributed by atoms with Crippen LogP contribution in [0.4, 0.5) is 0 Å². The number of thioether (sulfide) groups is 1. The minimum Gasteiger partial charge on any atom is -0.256 e. The molecule has 4 heteroatoms. The quantitative estimate of drug-likeness (QED) is 0.507. The van der Waals surface area contributed by atoms with E-state index in [0.29, 0.717) is 5.57 Å². The highest BCUT2D eigenvalue weighted by molar-refractivity contribution is 8.02. The van der Waals surface area contributed by atoms with Crippen LogP contribution in [-0.4, -0.2) is 4.98 Å². The molecule has 0 saturated carbocycles. The predicted octanol–water partition coefficient (Wildman–Crippen LogP) is 5.90. The van der Waals surface area contributed by atoms with Crippen molar-refractivity contribution < 1.29 is 0 Å². The average molecular weight is 326 g/mol. The van der Waals surface area contributed by atoms with E-state index < -0.39 is 0 Å². The molecule has 2 aromatic heterocycles. The van der Waals surface area contributed by atoms with Gasteiger partial charge in [0.15, 0.2) is 0 Å². The number of allylic oxidation sites excluding steroid dienone is 1. The maximum Gasteiger partial charge on any atom is 0.0949 e. The molecule has 0 saturated heterocycles. The van der Waals surface area contributed by atoms with Crippen LogP contribution >= 0.6 is 23.1 Å². The fourth-order valence-corrected chi connectivity index (χ4v) is 3.60. The number of aryl methyl sites for hydroxylation is 1. The zero-order valence-corrected chi connectivity index (χ0v) is 14.6. The van der Waals surface area contributed by atoms with Gasteiger partial charge >= 0.3 is 0 Å². The number of aromatic nitrogens is 1. The zero-order chi connectivity index (χ0) is 16.1.